The number of rotatable bonds is 3. The molecule has 1 amide bonds. The number of nitrogens with one attached hydrogen (secondary N) is 1. The highest BCUT2D eigenvalue weighted by molar-refractivity contribution is 6.14. The zero-order chi connectivity index (χ0) is 16.3. The van der Waals surface area contributed by atoms with Crippen molar-refractivity contribution in [1.29, 1.82) is 5.26 Å². The zero-order valence-electron chi connectivity index (χ0n) is 11.3. The summed E-state index contributed by atoms with van der Waals surface area (Å²) in [5, 5.41) is 20.7. The van der Waals surface area contributed by atoms with Gasteiger partial charge < -0.3 is 21.9 Å². The fraction of sp³-hybridized carbons (Fsp3) is 0. The highest BCUT2D eigenvalue weighted by Gasteiger charge is 2.21. The Bertz CT molecular complexity index is 809. The molecular weight excluding hydrogens is 284 g/mol. The molecule has 0 unspecified atom stereocenters. The van der Waals surface area contributed by atoms with Gasteiger partial charge in [0.15, 0.2) is 0 Å². The Balaban J connectivity index is 2.45. The molecule has 22 heavy (non-hydrogen) atoms. The molecule has 0 aliphatic carbocycles. The Kier molecular flexibility index (Phi) is 3.95. The van der Waals surface area contributed by atoms with Gasteiger partial charge in [-0.1, -0.05) is 12.1 Å². The van der Waals surface area contributed by atoms with Gasteiger partial charge in [0, 0.05) is 0 Å². The third-order valence-corrected chi connectivity index (χ3v) is 3.03. The molecule has 2 aromatic carbocycles. The van der Waals surface area contributed by atoms with Crippen LogP contribution < -0.4 is 16.8 Å². The smallest absolute Gasteiger partial charge is 0.338 e. The molecule has 2 rings (SSSR count). The Morgan fingerprint density at radius 3 is 2.45 bits per heavy atom. The number of carboxylic acids is 1. The topological polar surface area (TPSA) is 142 Å². The lowest BCUT2D eigenvalue weighted by atomic mass is 10.0. The van der Waals surface area contributed by atoms with Crippen molar-refractivity contribution in [3.63, 3.8) is 0 Å². The molecule has 6 N–H and O–H groups in total. The molecule has 0 saturated heterocycles. The first-order valence-corrected chi connectivity index (χ1v) is 6.17. The number of nitrogens with zero attached hydrogens (tertiary/aromatic N) is 1. The molecule has 7 nitrogen and oxygen atoms in total. The van der Waals surface area contributed by atoms with Gasteiger partial charge in [-0.2, -0.15) is 5.26 Å². The number of hydrogen-bond acceptors (Lipinski definition) is 5. The summed E-state index contributed by atoms with van der Waals surface area (Å²) < 4.78 is 0. The maximum atomic E-state index is 12.3. The summed E-state index contributed by atoms with van der Waals surface area (Å²) in [6.07, 6.45) is 0. The maximum Gasteiger partial charge on any atom is 0.338 e. The molecule has 0 aliphatic rings. The third-order valence-electron chi connectivity index (χ3n) is 3.03. The minimum Gasteiger partial charge on any atom is -0.478 e. The molecule has 7 heteroatoms. The number of nitriles is 1. The number of hydrogen-bond donors (Lipinski definition) is 4. The molecule has 0 atom stereocenters. The Morgan fingerprint density at radius 2 is 1.82 bits per heavy atom. The summed E-state index contributed by atoms with van der Waals surface area (Å²) in [5.41, 5.74) is 11.1. The molecule has 0 fully saturated rings. The Hall–Kier alpha value is -3.53. The summed E-state index contributed by atoms with van der Waals surface area (Å²) in [5.74, 6) is -2.05. The predicted octanol–water partition coefficient (Wildman–Crippen LogP) is 1.67. The number of nitrogens with two attached hydrogens (primary N) is 2. The highest BCUT2D eigenvalue weighted by Crippen LogP contribution is 2.25. The van der Waals surface area contributed by atoms with E-state index in [-0.39, 0.29) is 33.8 Å². The Morgan fingerprint density at radius 1 is 1.14 bits per heavy atom. The average Bonchev–Trinajstić information content (AvgIpc) is 2.49. The first-order chi connectivity index (χ1) is 10.5. The van der Waals surface area contributed by atoms with Crippen LogP contribution in [0.15, 0.2) is 36.4 Å². The second-order valence-electron chi connectivity index (χ2n) is 4.41. The van der Waals surface area contributed by atoms with Crippen molar-refractivity contribution in [3.8, 4) is 6.07 Å². The van der Waals surface area contributed by atoms with Gasteiger partial charge in [-0.15, -0.1) is 0 Å². The molecule has 0 heterocycles. The summed E-state index contributed by atoms with van der Waals surface area (Å²) in [7, 11) is 0. The van der Waals surface area contributed by atoms with Crippen LogP contribution in [0.2, 0.25) is 0 Å². The normalized spacial score (nSPS) is 9.77. The molecule has 110 valence electrons. The number of carbonyl (C=O) groups is 2. The van der Waals surface area contributed by atoms with Crippen molar-refractivity contribution in [2.75, 3.05) is 16.8 Å². The quantitative estimate of drug-likeness (QED) is 0.634. The SMILES string of the molecule is N#Cc1ccccc1NC(=O)c1ccc(N)c(N)c1C(=O)O. The largest absolute Gasteiger partial charge is 0.478 e. The lowest BCUT2D eigenvalue weighted by Crippen LogP contribution is -2.19. The number of benzene rings is 2. The first kappa shape index (κ1) is 14.9. The van der Waals surface area contributed by atoms with Crippen LogP contribution in [-0.2, 0) is 0 Å². The number of amides is 1. The van der Waals surface area contributed by atoms with Gasteiger partial charge in [-0.3, -0.25) is 4.79 Å². The van der Waals surface area contributed by atoms with E-state index < -0.39 is 11.9 Å². The van der Waals surface area contributed by atoms with E-state index in [9.17, 15) is 14.7 Å². The van der Waals surface area contributed by atoms with Crippen LogP contribution in [-0.4, -0.2) is 17.0 Å². The van der Waals surface area contributed by atoms with Crippen molar-refractivity contribution in [2.24, 2.45) is 0 Å². The number of para-hydroxylation sites is 1. The second kappa shape index (κ2) is 5.85. The molecular formula is C15H12N4O3. The molecule has 0 radical (unpaired) electrons. The van der Waals surface area contributed by atoms with Crippen LogP contribution in [0, 0.1) is 11.3 Å². The van der Waals surface area contributed by atoms with E-state index in [2.05, 4.69) is 5.32 Å². The number of anilines is 3. The fourth-order valence-corrected chi connectivity index (χ4v) is 1.93. The van der Waals surface area contributed by atoms with Gasteiger partial charge in [0.25, 0.3) is 5.91 Å². The number of carbonyl (C=O) groups excluding carboxylic acids is 1. The van der Waals surface area contributed by atoms with Crippen molar-refractivity contribution in [1.82, 2.24) is 0 Å². The lowest BCUT2D eigenvalue weighted by Gasteiger charge is -2.12. The lowest BCUT2D eigenvalue weighted by molar-refractivity contribution is 0.0694. The summed E-state index contributed by atoms with van der Waals surface area (Å²) in [6, 6.07) is 10.9. The molecule has 0 aliphatic heterocycles. The van der Waals surface area contributed by atoms with Gasteiger partial charge >= 0.3 is 5.97 Å². The Labute approximate surface area is 125 Å². The summed E-state index contributed by atoms with van der Waals surface area (Å²) in [4.78, 5) is 23.6. The fourth-order valence-electron chi connectivity index (χ4n) is 1.93. The molecule has 0 bridgehead atoms. The second-order valence-corrected chi connectivity index (χ2v) is 4.41. The van der Waals surface area contributed by atoms with E-state index in [4.69, 9.17) is 16.7 Å². The predicted molar refractivity (Wildman–Crippen MR) is 81.3 cm³/mol. The van der Waals surface area contributed by atoms with Gasteiger partial charge in [0.05, 0.1) is 33.8 Å². The van der Waals surface area contributed by atoms with E-state index in [1.54, 1.807) is 12.1 Å². The third kappa shape index (κ3) is 2.66. The highest BCUT2D eigenvalue weighted by atomic mass is 16.4. The minimum atomic E-state index is -1.36. The number of nitrogen functional groups attached to an aromatic ring is 2. The monoisotopic (exact) mass is 296 g/mol. The maximum absolute atomic E-state index is 12.3. The average molecular weight is 296 g/mol. The van der Waals surface area contributed by atoms with Crippen molar-refractivity contribution < 1.29 is 14.7 Å². The van der Waals surface area contributed by atoms with E-state index in [1.165, 1.54) is 24.3 Å². The summed E-state index contributed by atoms with van der Waals surface area (Å²) in [6.45, 7) is 0. The van der Waals surface area contributed by atoms with Crippen LogP contribution in [0.5, 0.6) is 0 Å². The van der Waals surface area contributed by atoms with E-state index in [1.807, 2.05) is 6.07 Å². The van der Waals surface area contributed by atoms with Crippen LogP contribution in [0.25, 0.3) is 0 Å². The van der Waals surface area contributed by atoms with Crippen LogP contribution in [0.1, 0.15) is 26.3 Å². The van der Waals surface area contributed by atoms with Gasteiger partial charge in [-0.05, 0) is 24.3 Å². The van der Waals surface area contributed by atoms with Gasteiger partial charge in [0.2, 0.25) is 0 Å². The summed E-state index contributed by atoms with van der Waals surface area (Å²) >= 11 is 0. The minimum absolute atomic E-state index is 0.0753. The number of carboxylic acid groups (broad SMARTS) is 1. The molecule has 0 spiro atoms. The van der Waals surface area contributed by atoms with E-state index >= 15 is 0 Å². The van der Waals surface area contributed by atoms with Crippen LogP contribution >= 0.6 is 0 Å². The van der Waals surface area contributed by atoms with Crippen LogP contribution in [0.3, 0.4) is 0 Å². The number of aromatic carboxylic acids is 1. The van der Waals surface area contributed by atoms with E-state index in [0.717, 1.165) is 0 Å². The standard InChI is InChI=1S/C15H12N4O3/c16-7-8-3-1-2-4-11(8)19-14(20)9-5-6-10(17)13(18)12(9)15(21)22/h1-6H,17-18H2,(H,19,20)(H,21,22). The molecule has 0 saturated carbocycles. The molecule has 2 aromatic rings. The van der Waals surface area contributed by atoms with Gasteiger partial charge in [-0.25, -0.2) is 4.79 Å². The molecule has 0 aromatic heterocycles. The van der Waals surface area contributed by atoms with Crippen molar-refractivity contribution in [2.45, 2.75) is 0 Å². The first-order valence-electron chi connectivity index (χ1n) is 6.17. The van der Waals surface area contributed by atoms with Crippen molar-refractivity contribution >= 4 is 28.9 Å². The zero-order valence-corrected chi connectivity index (χ0v) is 11.3. The van der Waals surface area contributed by atoms with Crippen molar-refractivity contribution in [3.05, 3.63) is 53.1 Å². The van der Waals surface area contributed by atoms with E-state index in [0.29, 0.717) is 0 Å². The van der Waals surface area contributed by atoms with Gasteiger partial charge in [0.1, 0.15) is 6.07 Å². The van der Waals surface area contributed by atoms with Crippen LogP contribution in [0.4, 0.5) is 17.1 Å².